The molecule has 6 heteroatoms. The van der Waals surface area contributed by atoms with E-state index in [0.29, 0.717) is 17.9 Å². The molecule has 0 saturated heterocycles. The number of nitrogens with one attached hydrogen (secondary N) is 2. The van der Waals surface area contributed by atoms with Crippen molar-refractivity contribution >= 4 is 23.2 Å². The standard InChI is InChI=1S/C19H23N3O3/c1-13-3-6-15(12-17(13)22-18(23)9-10-20)21-19(24)11-14-4-7-16(25-2)8-5-14/h3-8,12H,9-11,20H2,1-2H3,(H,21,24)(H,22,23). The number of nitrogens with two attached hydrogens (primary N) is 1. The predicted molar refractivity (Wildman–Crippen MR) is 98.8 cm³/mol. The highest BCUT2D eigenvalue weighted by molar-refractivity contribution is 5.95. The van der Waals surface area contributed by atoms with Crippen LogP contribution in [-0.2, 0) is 16.0 Å². The van der Waals surface area contributed by atoms with E-state index >= 15 is 0 Å². The van der Waals surface area contributed by atoms with E-state index in [1.807, 2.05) is 37.3 Å². The topological polar surface area (TPSA) is 93.5 Å². The van der Waals surface area contributed by atoms with Crippen molar-refractivity contribution in [3.8, 4) is 5.75 Å². The molecule has 0 saturated carbocycles. The van der Waals surface area contributed by atoms with Gasteiger partial charge in [-0.05, 0) is 42.3 Å². The molecule has 0 heterocycles. The molecule has 25 heavy (non-hydrogen) atoms. The predicted octanol–water partition coefficient (Wildman–Crippen LogP) is 2.47. The molecule has 0 spiro atoms. The number of methoxy groups -OCH3 is 1. The summed E-state index contributed by atoms with van der Waals surface area (Å²) in [5.74, 6) is 0.473. The molecule has 0 aliphatic carbocycles. The minimum absolute atomic E-state index is 0.131. The van der Waals surface area contributed by atoms with Crippen LogP contribution < -0.4 is 21.1 Å². The Bertz CT molecular complexity index is 742. The summed E-state index contributed by atoms with van der Waals surface area (Å²) < 4.78 is 5.10. The van der Waals surface area contributed by atoms with Crippen LogP contribution in [0.25, 0.3) is 0 Å². The van der Waals surface area contributed by atoms with Crippen molar-refractivity contribution in [2.75, 3.05) is 24.3 Å². The van der Waals surface area contributed by atoms with Gasteiger partial charge in [0.15, 0.2) is 0 Å². The molecule has 4 N–H and O–H groups in total. The Kier molecular flexibility index (Phi) is 6.54. The number of amides is 2. The van der Waals surface area contributed by atoms with Crippen LogP contribution in [0.3, 0.4) is 0 Å². The first-order valence-electron chi connectivity index (χ1n) is 8.05. The van der Waals surface area contributed by atoms with E-state index in [-0.39, 0.29) is 24.7 Å². The zero-order valence-corrected chi connectivity index (χ0v) is 14.5. The van der Waals surface area contributed by atoms with Crippen LogP contribution in [-0.4, -0.2) is 25.5 Å². The zero-order valence-electron chi connectivity index (χ0n) is 14.5. The summed E-state index contributed by atoms with van der Waals surface area (Å²) in [5.41, 5.74) is 8.49. The number of hydrogen-bond acceptors (Lipinski definition) is 4. The Morgan fingerprint density at radius 1 is 1.04 bits per heavy atom. The summed E-state index contributed by atoms with van der Waals surface area (Å²) >= 11 is 0. The van der Waals surface area contributed by atoms with Crippen LogP contribution in [0.5, 0.6) is 5.75 Å². The fourth-order valence-corrected chi connectivity index (χ4v) is 2.31. The molecule has 6 nitrogen and oxygen atoms in total. The van der Waals surface area contributed by atoms with Crippen LogP contribution in [0.15, 0.2) is 42.5 Å². The van der Waals surface area contributed by atoms with Crippen LogP contribution >= 0.6 is 0 Å². The second-order valence-corrected chi connectivity index (χ2v) is 5.69. The van der Waals surface area contributed by atoms with E-state index in [1.54, 1.807) is 19.2 Å². The molecule has 0 aliphatic heterocycles. The van der Waals surface area contributed by atoms with E-state index in [4.69, 9.17) is 10.5 Å². The van der Waals surface area contributed by atoms with Crippen molar-refractivity contribution in [2.24, 2.45) is 5.73 Å². The molecule has 0 unspecified atom stereocenters. The lowest BCUT2D eigenvalue weighted by atomic mass is 10.1. The zero-order chi connectivity index (χ0) is 18.2. The summed E-state index contributed by atoms with van der Waals surface area (Å²) in [6.45, 7) is 2.18. The van der Waals surface area contributed by atoms with E-state index in [9.17, 15) is 9.59 Å². The van der Waals surface area contributed by atoms with Gasteiger partial charge in [0.2, 0.25) is 11.8 Å². The maximum absolute atomic E-state index is 12.2. The van der Waals surface area contributed by atoms with Crippen LogP contribution in [0.4, 0.5) is 11.4 Å². The molecule has 0 aliphatic rings. The van der Waals surface area contributed by atoms with Crippen molar-refractivity contribution in [2.45, 2.75) is 19.8 Å². The lowest BCUT2D eigenvalue weighted by Gasteiger charge is -2.11. The maximum atomic E-state index is 12.2. The minimum atomic E-state index is -0.146. The summed E-state index contributed by atoms with van der Waals surface area (Å²) in [6, 6.07) is 12.7. The fourth-order valence-electron chi connectivity index (χ4n) is 2.31. The number of hydrogen-bond donors (Lipinski definition) is 3. The van der Waals surface area contributed by atoms with E-state index < -0.39 is 0 Å². The Morgan fingerprint density at radius 3 is 2.40 bits per heavy atom. The lowest BCUT2D eigenvalue weighted by molar-refractivity contribution is -0.116. The average molecular weight is 341 g/mol. The van der Waals surface area contributed by atoms with Gasteiger partial charge in [-0.15, -0.1) is 0 Å². The van der Waals surface area contributed by atoms with Gasteiger partial charge >= 0.3 is 0 Å². The van der Waals surface area contributed by atoms with Gasteiger partial charge < -0.3 is 21.1 Å². The quantitative estimate of drug-likeness (QED) is 0.721. The first-order chi connectivity index (χ1) is 12.0. The molecule has 2 amide bonds. The number of ether oxygens (including phenoxy) is 1. The largest absolute Gasteiger partial charge is 0.497 e. The molecular weight excluding hydrogens is 318 g/mol. The van der Waals surface area contributed by atoms with E-state index in [1.165, 1.54) is 0 Å². The molecule has 0 fully saturated rings. The third-order valence-corrected chi connectivity index (χ3v) is 3.69. The fraction of sp³-hybridized carbons (Fsp3) is 0.263. The highest BCUT2D eigenvalue weighted by Crippen LogP contribution is 2.21. The van der Waals surface area contributed by atoms with Gasteiger partial charge in [0.1, 0.15) is 5.75 Å². The summed E-state index contributed by atoms with van der Waals surface area (Å²) in [5, 5.41) is 5.65. The maximum Gasteiger partial charge on any atom is 0.228 e. The van der Waals surface area contributed by atoms with Gasteiger partial charge in [-0.3, -0.25) is 9.59 Å². The second-order valence-electron chi connectivity index (χ2n) is 5.69. The molecular formula is C19H23N3O3. The van der Waals surface area contributed by atoms with Crippen LogP contribution in [0.1, 0.15) is 17.5 Å². The smallest absolute Gasteiger partial charge is 0.228 e. The molecule has 0 radical (unpaired) electrons. The molecule has 2 aromatic rings. The molecule has 2 rings (SSSR count). The Labute approximate surface area is 147 Å². The van der Waals surface area contributed by atoms with E-state index in [0.717, 1.165) is 16.9 Å². The molecule has 0 aromatic heterocycles. The number of rotatable bonds is 7. The average Bonchev–Trinajstić information content (AvgIpc) is 2.58. The van der Waals surface area contributed by atoms with Crippen molar-refractivity contribution in [1.29, 1.82) is 0 Å². The Balaban J connectivity index is 2.01. The minimum Gasteiger partial charge on any atom is -0.497 e. The van der Waals surface area contributed by atoms with E-state index in [2.05, 4.69) is 10.6 Å². The summed E-state index contributed by atoms with van der Waals surface area (Å²) in [6.07, 6.45) is 0.514. The van der Waals surface area contributed by atoms with Crippen LogP contribution in [0, 0.1) is 6.92 Å². The van der Waals surface area contributed by atoms with Gasteiger partial charge in [-0.2, -0.15) is 0 Å². The number of anilines is 2. The Hall–Kier alpha value is -2.86. The Morgan fingerprint density at radius 2 is 1.76 bits per heavy atom. The van der Waals surface area contributed by atoms with Crippen molar-refractivity contribution < 1.29 is 14.3 Å². The van der Waals surface area contributed by atoms with Gasteiger partial charge in [-0.1, -0.05) is 18.2 Å². The van der Waals surface area contributed by atoms with Crippen molar-refractivity contribution in [3.05, 3.63) is 53.6 Å². The highest BCUT2D eigenvalue weighted by atomic mass is 16.5. The molecule has 0 atom stereocenters. The normalized spacial score (nSPS) is 10.2. The van der Waals surface area contributed by atoms with Gasteiger partial charge in [0.25, 0.3) is 0 Å². The number of aryl methyl sites for hydroxylation is 1. The highest BCUT2D eigenvalue weighted by Gasteiger charge is 2.08. The number of carbonyl (C=O) groups excluding carboxylic acids is 2. The second kappa shape index (κ2) is 8.84. The number of benzene rings is 2. The first-order valence-corrected chi connectivity index (χ1v) is 8.05. The van der Waals surface area contributed by atoms with Gasteiger partial charge in [0.05, 0.1) is 13.5 Å². The third kappa shape index (κ3) is 5.61. The van der Waals surface area contributed by atoms with Crippen molar-refractivity contribution in [3.63, 3.8) is 0 Å². The first kappa shape index (κ1) is 18.5. The van der Waals surface area contributed by atoms with Gasteiger partial charge in [0, 0.05) is 24.3 Å². The third-order valence-electron chi connectivity index (χ3n) is 3.69. The monoisotopic (exact) mass is 341 g/mol. The van der Waals surface area contributed by atoms with Gasteiger partial charge in [-0.25, -0.2) is 0 Å². The van der Waals surface area contributed by atoms with Crippen LogP contribution in [0.2, 0.25) is 0 Å². The lowest BCUT2D eigenvalue weighted by Crippen LogP contribution is -2.18. The summed E-state index contributed by atoms with van der Waals surface area (Å²) in [7, 11) is 1.60. The number of carbonyl (C=O) groups is 2. The molecule has 2 aromatic carbocycles. The summed E-state index contributed by atoms with van der Waals surface area (Å²) in [4.78, 5) is 23.9. The molecule has 132 valence electrons. The molecule has 0 bridgehead atoms. The van der Waals surface area contributed by atoms with Crippen molar-refractivity contribution in [1.82, 2.24) is 0 Å². The SMILES string of the molecule is COc1ccc(CC(=O)Nc2ccc(C)c(NC(=O)CCN)c2)cc1.